The molecule has 0 aliphatic heterocycles. The second-order valence-corrected chi connectivity index (χ2v) is 4.44. The number of ketones is 1. The highest BCUT2D eigenvalue weighted by Gasteiger charge is 2.11. The third-order valence-electron chi connectivity index (χ3n) is 3.16. The number of benzene rings is 2. The van der Waals surface area contributed by atoms with Crippen molar-refractivity contribution < 1.29 is 4.79 Å². The van der Waals surface area contributed by atoms with Crippen LogP contribution in [0.25, 0.3) is 0 Å². The van der Waals surface area contributed by atoms with Gasteiger partial charge in [0.25, 0.3) is 0 Å². The Balaban J connectivity index is 2.44. The molecule has 0 aromatic heterocycles. The second-order valence-electron chi connectivity index (χ2n) is 4.44. The number of carbonyl (C=O) groups is 1. The van der Waals surface area contributed by atoms with Gasteiger partial charge < -0.3 is 0 Å². The molecule has 17 heavy (non-hydrogen) atoms. The summed E-state index contributed by atoms with van der Waals surface area (Å²) < 4.78 is 0. The largest absolute Gasteiger partial charge is 0.289 e. The van der Waals surface area contributed by atoms with Gasteiger partial charge in [0.05, 0.1) is 0 Å². The molecule has 0 fully saturated rings. The lowest BCUT2D eigenvalue weighted by atomic mass is 9.97. The van der Waals surface area contributed by atoms with Crippen LogP contribution in [-0.2, 0) is 0 Å². The van der Waals surface area contributed by atoms with E-state index in [9.17, 15) is 4.79 Å². The number of aryl methyl sites for hydroxylation is 3. The van der Waals surface area contributed by atoms with E-state index in [-0.39, 0.29) is 5.78 Å². The van der Waals surface area contributed by atoms with E-state index in [0.717, 1.165) is 22.3 Å². The van der Waals surface area contributed by atoms with Crippen molar-refractivity contribution in [1.82, 2.24) is 0 Å². The molecule has 0 aliphatic rings. The molecule has 1 nitrogen and oxygen atoms in total. The lowest BCUT2D eigenvalue weighted by Gasteiger charge is -2.06. The highest BCUT2D eigenvalue weighted by Crippen LogP contribution is 2.16. The number of rotatable bonds is 2. The van der Waals surface area contributed by atoms with Crippen LogP contribution in [0.3, 0.4) is 0 Å². The van der Waals surface area contributed by atoms with Crippen molar-refractivity contribution in [2.24, 2.45) is 0 Å². The number of carbonyl (C=O) groups excluding carboxylic acids is 1. The Kier molecular flexibility index (Phi) is 3.10. The lowest BCUT2D eigenvalue weighted by Crippen LogP contribution is -2.04. The Morgan fingerprint density at radius 2 is 1.53 bits per heavy atom. The predicted octanol–water partition coefficient (Wildman–Crippen LogP) is 3.84. The predicted molar refractivity (Wildman–Crippen MR) is 70.5 cm³/mol. The van der Waals surface area contributed by atoms with Crippen LogP contribution >= 0.6 is 0 Å². The Hall–Kier alpha value is -1.89. The average molecular weight is 224 g/mol. The molecular formula is C16H16O. The third kappa shape index (κ3) is 2.28. The minimum Gasteiger partial charge on any atom is -0.289 e. The highest BCUT2D eigenvalue weighted by molar-refractivity contribution is 6.10. The Bertz CT molecular complexity index is 567. The van der Waals surface area contributed by atoms with Gasteiger partial charge >= 0.3 is 0 Å². The SMILES string of the molecule is Cc1ccc(C(=O)c2ccccc2C)cc1C. The van der Waals surface area contributed by atoms with Gasteiger partial charge in [-0.25, -0.2) is 0 Å². The summed E-state index contributed by atoms with van der Waals surface area (Å²) in [6, 6.07) is 13.6. The molecule has 0 N–H and O–H groups in total. The van der Waals surface area contributed by atoms with Gasteiger partial charge in [-0.1, -0.05) is 36.4 Å². The molecule has 2 aromatic carbocycles. The first kappa shape index (κ1) is 11.6. The molecule has 86 valence electrons. The summed E-state index contributed by atoms with van der Waals surface area (Å²) in [6.45, 7) is 6.05. The fourth-order valence-corrected chi connectivity index (χ4v) is 1.87. The molecule has 0 radical (unpaired) electrons. The van der Waals surface area contributed by atoms with Crippen LogP contribution in [0.2, 0.25) is 0 Å². The van der Waals surface area contributed by atoms with E-state index in [2.05, 4.69) is 6.92 Å². The first-order valence-electron chi connectivity index (χ1n) is 5.77. The van der Waals surface area contributed by atoms with E-state index in [1.807, 2.05) is 56.3 Å². The smallest absolute Gasteiger partial charge is 0.193 e. The molecule has 0 spiro atoms. The fraction of sp³-hybridized carbons (Fsp3) is 0.188. The van der Waals surface area contributed by atoms with Crippen LogP contribution in [0, 0.1) is 20.8 Å². The van der Waals surface area contributed by atoms with Gasteiger partial charge in [-0.05, 0) is 43.5 Å². The maximum atomic E-state index is 12.3. The van der Waals surface area contributed by atoms with E-state index in [1.165, 1.54) is 5.56 Å². The van der Waals surface area contributed by atoms with Crippen molar-refractivity contribution in [3.05, 3.63) is 70.3 Å². The van der Waals surface area contributed by atoms with Crippen LogP contribution in [0.4, 0.5) is 0 Å². The Morgan fingerprint density at radius 1 is 0.824 bits per heavy atom. The standard InChI is InChI=1S/C16H16O/c1-11-8-9-14(10-13(11)3)16(17)15-7-5-4-6-12(15)2/h4-10H,1-3H3. The van der Waals surface area contributed by atoms with Crippen molar-refractivity contribution >= 4 is 5.78 Å². The fourth-order valence-electron chi connectivity index (χ4n) is 1.87. The minimum absolute atomic E-state index is 0.103. The van der Waals surface area contributed by atoms with Crippen molar-refractivity contribution in [2.75, 3.05) is 0 Å². The van der Waals surface area contributed by atoms with Gasteiger partial charge in [-0.2, -0.15) is 0 Å². The minimum atomic E-state index is 0.103. The van der Waals surface area contributed by atoms with Gasteiger partial charge in [0.1, 0.15) is 0 Å². The lowest BCUT2D eigenvalue weighted by molar-refractivity contribution is 0.103. The van der Waals surface area contributed by atoms with E-state index in [1.54, 1.807) is 0 Å². The molecule has 0 aliphatic carbocycles. The first-order chi connectivity index (χ1) is 8.09. The van der Waals surface area contributed by atoms with Gasteiger partial charge in [0.15, 0.2) is 5.78 Å². The summed E-state index contributed by atoms with van der Waals surface area (Å²) in [5.41, 5.74) is 4.95. The van der Waals surface area contributed by atoms with Gasteiger partial charge in [-0.15, -0.1) is 0 Å². The monoisotopic (exact) mass is 224 g/mol. The maximum Gasteiger partial charge on any atom is 0.193 e. The summed E-state index contributed by atoms with van der Waals surface area (Å²) in [5.74, 6) is 0.103. The van der Waals surface area contributed by atoms with Gasteiger partial charge in [-0.3, -0.25) is 4.79 Å². The quantitative estimate of drug-likeness (QED) is 0.708. The Morgan fingerprint density at radius 3 is 2.18 bits per heavy atom. The summed E-state index contributed by atoms with van der Waals surface area (Å²) in [4.78, 5) is 12.3. The summed E-state index contributed by atoms with van der Waals surface area (Å²) in [7, 11) is 0. The normalized spacial score (nSPS) is 10.3. The van der Waals surface area contributed by atoms with Crippen LogP contribution in [0.5, 0.6) is 0 Å². The van der Waals surface area contributed by atoms with Gasteiger partial charge in [0.2, 0.25) is 0 Å². The molecule has 0 atom stereocenters. The zero-order valence-corrected chi connectivity index (χ0v) is 10.4. The molecule has 0 amide bonds. The zero-order valence-electron chi connectivity index (χ0n) is 10.4. The van der Waals surface area contributed by atoms with Gasteiger partial charge in [0, 0.05) is 11.1 Å². The third-order valence-corrected chi connectivity index (χ3v) is 3.16. The maximum absolute atomic E-state index is 12.3. The molecule has 0 heterocycles. The first-order valence-corrected chi connectivity index (χ1v) is 5.77. The van der Waals surface area contributed by atoms with Crippen LogP contribution in [0.15, 0.2) is 42.5 Å². The van der Waals surface area contributed by atoms with Crippen molar-refractivity contribution in [2.45, 2.75) is 20.8 Å². The van der Waals surface area contributed by atoms with E-state index in [0.29, 0.717) is 0 Å². The molecular weight excluding hydrogens is 208 g/mol. The second kappa shape index (κ2) is 4.54. The molecule has 0 unspecified atom stereocenters. The van der Waals surface area contributed by atoms with Crippen LogP contribution < -0.4 is 0 Å². The van der Waals surface area contributed by atoms with E-state index >= 15 is 0 Å². The van der Waals surface area contributed by atoms with Crippen LogP contribution in [-0.4, -0.2) is 5.78 Å². The summed E-state index contributed by atoms with van der Waals surface area (Å²) in [5, 5.41) is 0. The summed E-state index contributed by atoms with van der Waals surface area (Å²) >= 11 is 0. The van der Waals surface area contributed by atoms with Crippen molar-refractivity contribution in [3.8, 4) is 0 Å². The van der Waals surface area contributed by atoms with Crippen LogP contribution in [0.1, 0.15) is 32.6 Å². The zero-order chi connectivity index (χ0) is 12.4. The summed E-state index contributed by atoms with van der Waals surface area (Å²) in [6.07, 6.45) is 0. The van der Waals surface area contributed by atoms with Crippen molar-refractivity contribution in [3.63, 3.8) is 0 Å². The molecule has 0 bridgehead atoms. The molecule has 2 aromatic rings. The average Bonchev–Trinajstić information content (AvgIpc) is 2.32. The topological polar surface area (TPSA) is 17.1 Å². The molecule has 0 saturated carbocycles. The highest BCUT2D eigenvalue weighted by atomic mass is 16.1. The van der Waals surface area contributed by atoms with Crippen molar-refractivity contribution in [1.29, 1.82) is 0 Å². The van der Waals surface area contributed by atoms with E-state index < -0.39 is 0 Å². The molecule has 2 rings (SSSR count). The molecule has 0 saturated heterocycles. The molecule has 1 heteroatoms. The Labute approximate surface area is 102 Å². The number of hydrogen-bond acceptors (Lipinski definition) is 1. The van der Waals surface area contributed by atoms with E-state index in [4.69, 9.17) is 0 Å². The number of hydrogen-bond donors (Lipinski definition) is 0.